The standard InChI is InChI=1S/C19H21N3O2/c1-19(2)8-14-17(15(23)9-19)16(13(10-20)18(21)22-14)11-4-6-12(24-3)7-5-11/h4-7,16,22H,8-9,21H2,1-3H3. The second-order valence-electron chi connectivity index (χ2n) is 7.10. The first-order valence-corrected chi connectivity index (χ1v) is 7.93. The Morgan fingerprint density at radius 1 is 1.29 bits per heavy atom. The van der Waals surface area contributed by atoms with Gasteiger partial charge in [-0.25, -0.2) is 0 Å². The van der Waals surface area contributed by atoms with Crippen molar-refractivity contribution in [2.45, 2.75) is 32.6 Å². The lowest BCUT2D eigenvalue weighted by Crippen LogP contribution is -2.39. The molecule has 3 N–H and O–H groups in total. The van der Waals surface area contributed by atoms with E-state index >= 15 is 0 Å². The van der Waals surface area contributed by atoms with Crippen LogP contribution in [0.5, 0.6) is 5.75 Å². The summed E-state index contributed by atoms with van der Waals surface area (Å²) in [6.07, 6.45) is 1.21. The predicted molar refractivity (Wildman–Crippen MR) is 90.7 cm³/mol. The van der Waals surface area contributed by atoms with Gasteiger partial charge in [-0.05, 0) is 29.5 Å². The van der Waals surface area contributed by atoms with Crippen LogP contribution < -0.4 is 15.8 Å². The van der Waals surface area contributed by atoms with Gasteiger partial charge in [0.15, 0.2) is 5.78 Å². The van der Waals surface area contributed by atoms with Crippen molar-refractivity contribution in [1.82, 2.24) is 5.32 Å². The predicted octanol–water partition coefficient (Wildman–Crippen LogP) is 2.72. The van der Waals surface area contributed by atoms with Gasteiger partial charge in [0.05, 0.1) is 24.7 Å². The lowest BCUT2D eigenvalue weighted by atomic mass is 9.69. The zero-order chi connectivity index (χ0) is 17.5. The fourth-order valence-electron chi connectivity index (χ4n) is 3.57. The maximum absolute atomic E-state index is 12.8. The molecular formula is C19H21N3O2. The molecule has 0 saturated carbocycles. The average molecular weight is 323 g/mol. The highest BCUT2D eigenvalue weighted by Gasteiger charge is 2.41. The Morgan fingerprint density at radius 3 is 2.54 bits per heavy atom. The van der Waals surface area contributed by atoms with Crippen LogP contribution >= 0.6 is 0 Å². The number of benzene rings is 1. The zero-order valence-electron chi connectivity index (χ0n) is 14.1. The lowest BCUT2D eigenvalue weighted by molar-refractivity contribution is -0.118. The van der Waals surface area contributed by atoms with Crippen molar-refractivity contribution >= 4 is 5.78 Å². The quantitative estimate of drug-likeness (QED) is 0.873. The molecule has 1 unspecified atom stereocenters. The number of ether oxygens (including phenoxy) is 1. The van der Waals surface area contributed by atoms with Gasteiger partial charge in [0.2, 0.25) is 0 Å². The minimum atomic E-state index is -0.416. The summed E-state index contributed by atoms with van der Waals surface area (Å²) in [6, 6.07) is 9.62. The summed E-state index contributed by atoms with van der Waals surface area (Å²) >= 11 is 0. The van der Waals surface area contributed by atoms with Crippen molar-refractivity contribution in [3.05, 3.63) is 52.5 Å². The van der Waals surface area contributed by atoms with E-state index in [1.54, 1.807) is 7.11 Å². The van der Waals surface area contributed by atoms with Gasteiger partial charge < -0.3 is 15.8 Å². The molecule has 1 aromatic rings. The normalized spacial score (nSPS) is 22.6. The van der Waals surface area contributed by atoms with Crippen molar-refractivity contribution in [2.24, 2.45) is 11.1 Å². The SMILES string of the molecule is COc1ccc(C2C(C#N)=C(N)NC3=C2C(=O)CC(C)(C)C3)cc1. The summed E-state index contributed by atoms with van der Waals surface area (Å²) in [6.45, 7) is 4.14. The van der Waals surface area contributed by atoms with Gasteiger partial charge in [-0.15, -0.1) is 0 Å². The average Bonchev–Trinajstić information content (AvgIpc) is 2.52. The molecule has 3 rings (SSSR count). The van der Waals surface area contributed by atoms with Crippen LogP contribution in [0.3, 0.4) is 0 Å². The number of hydrogen-bond donors (Lipinski definition) is 2. The second-order valence-corrected chi connectivity index (χ2v) is 7.10. The number of allylic oxidation sites excluding steroid dienone is 3. The molecule has 1 atom stereocenters. The number of nitrogens with one attached hydrogen (secondary N) is 1. The van der Waals surface area contributed by atoms with Gasteiger partial charge in [0.25, 0.3) is 0 Å². The number of nitrogens with two attached hydrogens (primary N) is 1. The van der Waals surface area contributed by atoms with E-state index in [2.05, 4.69) is 25.2 Å². The summed E-state index contributed by atoms with van der Waals surface area (Å²) in [5, 5.41) is 12.7. The number of carbonyl (C=O) groups is 1. The third kappa shape index (κ3) is 2.65. The Bertz CT molecular complexity index is 795. The first-order valence-electron chi connectivity index (χ1n) is 7.93. The van der Waals surface area contributed by atoms with Crippen molar-refractivity contribution in [3.8, 4) is 11.8 Å². The molecule has 5 nitrogen and oxygen atoms in total. The fraction of sp³-hybridized carbons (Fsp3) is 0.368. The van der Waals surface area contributed by atoms with Crippen LogP contribution in [0, 0.1) is 16.7 Å². The topological polar surface area (TPSA) is 88.1 Å². The molecular weight excluding hydrogens is 302 g/mol. The number of rotatable bonds is 2. The van der Waals surface area contributed by atoms with Crippen molar-refractivity contribution in [3.63, 3.8) is 0 Å². The summed E-state index contributed by atoms with van der Waals surface area (Å²) in [4.78, 5) is 12.8. The van der Waals surface area contributed by atoms with E-state index in [4.69, 9.17) is 10.5 Å². The van der Waals surface area contributed by atoms with Crippen LogP contribution in [-0.4, -0.2) is 12.9 Å². The fourth-order valence-corrected chi connectivity index (χ4v) is 3.57. The number of dihydropyridines is 1. The molecule has 1 heterocycles. The zero-order valence-corrected chi connectivity index (χ0v) is 14.1. The molecule has 0 aromatic heterocycles. The van der Waals surface area contributed by atoms with E-state index in [-0.39, 0.29) is 11.2 Å². The molecule has 0 saturated heterocycles. The van der Waals surface area contributed by atoms with Gasteiger partial charge in [-0.3, -0.25) is 4.79 Å². The number of hydrogen-bond acceptors (Lipinski definition) is 5. The third-order valence-electron chi connectivity index (χ3n) is 4.64. The van der Waals surface area contributed by atoms with Crippen LogP contribution in [0.15, 0.2) is 46.9 Å². The Morgan fingerprint density at radius 2 is 1.96 bits per heavy atom. The monoisotopic (exact) mass is 323 g/mol. The number of Topliss-reactive ketones (excluding diaryl/α,β-unsaturated/α-hetero) is 1. The van der Waals surface area contributed by atoms with Crippen LogP contribution in [0.2, 0.25) is 0 Å². The van der Waals surface area contributed by atoms with Crippen LogP contribution in [-0.2, 0) is 4.79 Å². The summed E-state index contributed by atoms with van der Waals surface area (Å²) in [5.74, 6) is 0.728. The van der Waals surface area contributed by atoms with E-state index in [0.717, 1.165) is 23.4 Å². The highest BCUT2D eigenvalue weighted by molar-refractivity contribution is 6.00. The van der Waals surface area contributed by atoms with E-state index < -0.39 is 5.92 Å². The number of nitrogens with zero attached hydrogens (tertiary/aromatic N) is 1. The van der Waals surface area contributed by atoms with Gasteiger partial charge in [-0.1, -0.05) is 26.0 Å². The number of methoxy groups -OCH3 is 1. The minimum absolute atomic E-state index is 0.0785. The first-order chi connectivity index (χ1) is 11.4. The molecule has 1 aromatic carbocycles. The van der Waals surface area contributed by atoms with Gasteiger partial charge in [-0.2, -0.15) is 5.26 Å². The smallest absolute Gasteiger partial charge is 0.162 e. The Kier molecular flexibility index (Phi) is 3.84. The van der Waals surface area contributed by atoms with E-state index in [1.165, 1.54) is 0 Å². The number of nitriles is 1. The summed E-state index contributed by atoms with van der Waals surface area (Å²) < 4.78 is 5.19. The largest absolute Gasteiger partial charge is 0.497 e. The van der Waals surface area contributed by atoms with E-state index in [9.17, 15) is 10.1 Å². The number of carbonyl (C=O) groups excluding carboxylic acids is 1. The molecule has 1 aliphatic heterocycles. The van der Waals surface area contributed by atoms with Crippen molar-refractivity contribution in [2.75, 3.05) is 7.11 Å². The van der Waals surface area contributed by atoms with Crippen molar-refractivity contribution in [1.29, 1.82) is 5.26 Å². The van der Waals surface area contributed by atoms with Crippen LogP contribution in [0.25, 0.3) is 0 Å². The first kappa shape index (κ1) is 16.1. The molecule has 0 spiro atoms. The second kappa shape index (κ2) is 5.72. The van der Waals surface area contributed by atoms with Gasteiger partial charge >= 0.3 is 0 Å². The molecule has 0 amide bonds. The maximum atomic E-state index is 12.8. The molecule has 0 radical (unpaired) electrons. The van der Waals surface area contributed by atoms with Crippen molar-refractivity contribution < 1.29 is 9.53 Å². The molecule has 2 aliphatic rings. The van der Waals surface area contributed by atoms with Crippen LogP contribution in [0.1, 0.15) is 38.2 Å². The van der Waals surface area contributed by atoms with E-state index in [1.807, 2.05) is 24.3 Å². The number of ketones is 1. The van der Waals surface area contributed by atoms with Gasteiger partial charge in [0, 0.05) is 17.7 Å². The molecule has 124 valence electrons. The minimum Gasteiger partial charge on any atom is -0.497 e. The molecule has 24 heavy (non-hydrogen) atoms. The molecule has 0 bridgehead atoms. The lowest BCUT2D eigenvalue weighted by Gasteiger charge is -2.38. The highest BCUT2D eigenvalue weighted by Crippen LogP contribution is 2.45. The Balaban J connectivity index is 2.14. The summed E-state index contributed by atoms with van der Waals surface area (Å²) in [7, 11) is 1.60. The molecule has 1 aliphatic carbocycles. The molecule has 5 heteroatoms. The Labute approximate surface area is 141 Å². The van der Waals surface area contributed by atoms with Gasteiger partial charge in [0.1, 0.15) is 11.6 Å². The highest BCUT2D eigenvalue weighted by atomic mass is 16.5. The van der Waals surface area contributed by atoms with Crippen LogP contribution in [0.4, 0.5) is 0 Å². The maximum Gasteiger partial charge on any atom is 0.162 e. The van der Waals surface area contributed by atoms with E-state index in [0.29, 0.717) is 23.4 Å². The Hall–Kier alpha value is -2.74. The summed E-state index contributed by atoms with van der Waals surface area (Å²) in [5.41, 5.74) is 8.76. The third-order valence-corrected chi connectivity index (χ3v) is 4.64. The molecule has 0 fully saturated rings.